The first-order chi connectivity index (χ1) is 15.0. The number of para-hydroxylation sites is 1. The van der Waals surface area contributed by atoms with Gasteiger partial charge in [0.15, 0.2) is 0 Å². The fourth-order valence-corrected chi connectivity index (χ4v) is 4.41. The van der Waals surface area contributed by atoms with E-state index in [2.05, 4.69) is 22.8 Å². The summed E-state index contributed by atoms with van der Waals surface area (Å²) in [6.45, 7) is 3.81. The molecule has 0 bridgehead atoms. The number of hydrogen-bond donors (Lipinski definition) is 3. The molecule has 0 amide bonds. The molecule has 0 aliphatic heterocycles. The lowest BCUT2D eigenvalue weighted by Crippen LogP contribution is -2.31. The van der Waals surface area contributed by atoms with Crippen molar-refractivity contribution in [2.24, 2.45) is 5.92 Å². The van der Waals surface area contributed by atoms with Crippen molar-refractivity contribution < 1.29 is 5.11 Å². The van der Waals surface area contributed by atoms with E-state index in [9.17, 15) is 5.11 Å². The number of fused-ring (bicyclic) bond motifs is 1. The number of aromatic nitrogens is 2. The van der Waals surface area contributed by atoms with Gasteiger partial charge in [-0.05, 0) is 74.4 Å². The summed E-state index contributed by atoms with van der Waals surface area (Å²) in [6.07, 6.45) is 4.68. The maximum atomic E-state index is 9.66. The molecule has 1 aliphatic carbocycles. The van der Waals surface area contributed by atoms with Crippen LogP contribution in [-0.2, 0) is 6.54 Å². The van der Waals surface area contributed by atoms with Crippen molar-refractivity contribution in [2.45, 2.75) is 45.2 Å². The molecule has 164 valence electrons. The molecule has 0 unspecified atom stereocenters. The van der Waals surface area contributed by atoms with Gasteiger partial charge in [-0.3, -0.25) is 0 Å². The SMILES string of the molecule is Cc1cc(CNCC2CCC(Nc3nc(N(C)C)c4ccccc4n3)CC2)ccc1O. The van der Waals surface area contributed by atoms with Gasteiger partial charge in [0.05, 0.1) is 5.52 Å². The van der Waals surface area contributed by atoms with Crippen LogP contribution in [0, 0.1) is 12.8 Å². The largest absolute Gasteiger partial charge is 0.508 e. The molecule has 6 nitrogen and oxygen atoms in total. The number of phenolic OH excluding ortho intramolecular Hbond substituents is 1. The Kier molecular flexibility index (Phi) is 6.56. The van der Waals surface area contributed by atoms with E-state index < -0.39 is 0 Å². The Morgan fingerprint density at radius 3 is 2.55 bits per heavy atom. The summed E-state index contributed by atoms with van der Waals surface area (Å²) in [5.74, 6) is 2.75. The van der Waals surface area contributed by atoms with Gasteiger partial charge in [0, 0.05) is 32.1 Å². The molecule has 2 aromatic carbocycles. The van der Waals surface area contributed by atoms with Crippen molar-refractivity contribution in [1.82, 2.24) is 15.3 Å². The number of nitrogens with zero attached hydrogens (tertiary/aromatic N) is 3. The second-order valence-corrected chi connectivity index (χ2v) is 8.90. The van der Waals surface area contributed by atoms with E-state index in [1.54, 1.807) is 6.07 Å². The lowest BCUT2D eigenvalue weighted by atomic mass is 9.86. The first-order valence-corrected chi connectivity index (χ1v) is 11.2. The molecule has 1 fully saturated rings. The maximum absolute atomic E-state index is 9.66. The molecule has 0 saturated heterocycles. The Bertz CT molecular complexity index is 1030. The van der Waals surface area contributed by atoms with Gasteiger partial charge >= 0.3 is 0 Å². The van der Waals surface area contributed by atoms with Gasteiger partial charge in [0.25, 0.3) is 0 Å². The molecule has 1 aromatic heterocycles. The molecule has 3 aromatic rings. The zero-order valence-electron chi connectivity index (χ0n) is 18.7. The predicted molar refractivity (Wildman–Crippen MR) is 128 cm³/mol. The van der Waals surface area contributed by atoms with Crippen LogP contribution in [0.3, 0.4) is 0 Å². The van der Waals surface area contributed by atoms with E-state index in [1.807, 2.05) is 50.2 Å². The van der Waals surface area contributed by atoms with Gasteiger partial charge in [0.2, 0.25) is 5.95 Å². The smallest absolute Gasteiger partial charge is 0.225 e. The fourth-order valence-electron chi connectivity index (χ4n) is 4.41. The third-order valence-corrected chi connectivity index (χ3v) is 6.21. The molecule has 1 heterocycles. The number of hydrogen-bond acceptors (Lipinski definition) is 6. The summed E-state index contributed by atoms with van der Waals surface area (Å²) in [5.41, 5.74) is 3.13. The standard InChI is InChI=1S/C25H33N5O/c1-17-14-19(10-13-23(17)31)16-26-15-18-8-11-20(12-9-18)27-25-28-22-7-5-4-6-21(22)24(29-25)30(2)3/h4-7,10,13-14,18,20,26,31H,8-9,11-12,15-16H2,1-3H3,(H,27,28,29). The van der Waals surface area contributed by atoms with E-state index in [0.717, 1.165) is 54.2 Å². The Morgan fingerprint density at radius 1 is 1.03 bits per heavy atom. The molecule has 3 N–H and O–H groups in total. The first kappa shape index (κ1) is 21.4. The molecule has 1 aliphatic rings. The summed E-state index contributed by atoms with van der Waals surface area (Å²) in [4.78, 5) is 11.6. The zero-order valence-corrected chi connectivity index (χ0v) is 18.7. The third-order valence-electron chi connectivity index (χ3n) is 6.21. The van der Waals surface area contributed by atoms with Crippen LogP contribution in [0.5, 0.6) is 5.75 Å². The predicted octanol–water partition coefficient (Wildman–Crippen LogP) is 4.47. The van der Waals surface area contributed by atoms with Crippen molar-refractivity contribution in [3.8, 4) is 5.75 Å². The molecule has 4 rings (SSSR count). The molecule has 6 heteroatoms. The van der Waals surface area contributed by atoms with E-state index in [4.69, 9.17) is 9.97 Å². The average molecular weight is 420 g/mol. The van der Waals surface area contributed by atoms with Crippen molar-refractivity contribution in [3.05, 3.63) is 53.6 Å². The van der Waals surface area contributed by atoms with Gasteiger partial charge < -0.3 is 20.6 Å². The van der Waals surface area contributed by atoms with Crippen LogP contribution in [-0.4, -0.2) is 41.8 Å². The monoisotopic (exact) mass is 419 g/mol. The van der Waals surface area contributed by atoms with Crippen LogP contribution in [0.2, 0.25) is 0 Å². The van der Waals surface area contributed by atoms with Crippen LogP contribution in [0.1, 0.15) is 36.8 Å². The summed E-state index contributed by atoms with van der Waals surface area (Å²) in [5, 5.41) is 17.9. The Labute approximate surface area is 184 Å². The minimum absolute atomic E-state index is 0.364. The minimum atomic E-state index is 0.364. The highest BCUT2D eigenvalue weighted by Crippen LogP contribution is 2.28. The topological polar surface area (TPSA) is 73.3 Å². The molecule has 0 atom stereocenters. The molecular formula is C25H33N5O. The van der Waals surface area contributed by atoms with Crippen molar-refractivity contribution in [2.75, 3.05) is 30.9 Å². The van der Waals surface area contributed by atoms with Crippen LogP contribution in [0.25, 0.3) is 10.9 Å². The van der Waals surface area contributed by atoms with Crippen LogP contribution in [0.4, 0.5) is 11.8 Å². The highest BCUT2D eigenvalue weighted by atomic mass is 16.3. The van der Waals surface area contributed by atoms with Gasteiger partial charge in [0.1, 0.15) is 11.6 Å². The highest BCUT2D eigenvalue weighted by molar-refractivity contribution is 5.90. The van der Waals surface area contributed by atoms with Crippen LogP contribution >= 0.6 is 0 Å². The lowest BCUT2D eigenvalue weighted by molar-refractivity contribution is 0.324. The zero-order chi connectivity index (χ0) is 21.8. The Hall–Kier alpha value is -2.86. The van der Waals surface area contributed by atoms with E-state index in [1.165, 1.54) is 18.4 Å². The number of rotatable bonds is 7. The quantitative estimate of drug-likeness (QED) is 0.525. The third kappa shape index (κ3) is 5.25. The Balaban J connectivity index is 1.29. The molecule has 1 saturated carbocycles. The second-order valence-electron chi connectivity index (χ2n) is 8.90. The number of aryl methyl sites for hydroxylation is 1. The number of benzene rings is 2. The number of aromatic hydroxyl groups is 1. The van der Waals surface area contributed by atoms with E-state index in [0.29, 0.717) is 17.7 Å². The molecule has 0 spiro atoms. The second kappa shape index (κ2) is 9.52. The van der Waals surface area contributed by atoms with E-state index in [-0.39, 0.29) is 0 Å². The van der Waals surface area contributed by atoms with Crippen molar-refractivity contribution >= 4 is 22.7 Å². The van der Waals surface area contributed by atoms with Crippen molar-refractivity contribution in [3.63, 3.8) is 0 Å². The average Bonchev–Trinajstić information content (AvgIpc) is 2.77. The maximum Gasteiger partial charge on any atom is 0.225 e. The summed E-state index contributed by atoms with van der Waals surface area (Å²) in [6, 6.07) is 14.4. The van der Waals surface area contributed by atoms with E-state index >= 15 is 0 Å². The minimum Gasteiger partial charge on any atom is -0.508 e. The summed E-state index contributed by atoms with van der Waals surface area (Å²) >= 11 is 0. The fraction of sp³-hybridized carbons (Fsp3) is 0.440. The normalized spacial score (nSPS) is 18.8. The van der Waals surface area contributed by atoms with Crippen molar-refractivity contribution in [1.29, 1.82) is 0 Å². The first-order valence-electron chi connectivity index (χ1n) is 11.2. The highest BCUT2D eigenvalue weighted by Gasteiger charge is 2.22. The molecule has 31 heavy (non-hydrogen) atoms. The van der Waals surface area contributed by atoms with Crippen LogP contribution in [0.15, 0.2) is 42.5 Å². The summed E-state index contributed by atoms with van der Waals surface area (Å²) < 4.78 is 0. The number of anilines is 2. The number of nitrogens with one attached hydrogen (secondary N) is 2. The molecule has 0 radical (unpaired) electrons. The van der Waals surface area contributed by atoms with Gasteiger partial charge in [-0.2, -0.15) is 4.98 Å². The Morgan fingerprint density at radius 2 is 1.81 bits per heavy atom. The number of phenols is 1. The summed E-state index contributed by atoms with van der Waals surface area (Å²) in [7, 11) is 4.05. The van der Waals surface area contributed by atoms with Crippen LogP contribution < -0.4 is 15.5 Å². The van der Waals surface area contributed by atoms with Gasteiger partial charge in [-0.15, -0.1) is 0 Å². The van der Waals surface area contributed by atoms with Gasteiger partial charge in [-0.1, -0.05) is 24.3 Å². The lowest BCUT2D eigenvalue weighted by Gasteiger charge is -2.29. The van der Waals surface area contributed by atoms with Gasteiger partial charge in [-0.25, -0.2) is 4.98 Å². The molecular weight excluding hydrogens is 386 g/mol.